The summed E-state index contributed by atoms with van der Waals surface area (Å²) in [6.45, 7) is 2.58. The van der Waals surface area contributed by atoms with E-state index >= 15 is 0 Å². The van der Waals surface area contributed by atoms with Gasteiger partial charge in [-0.25, -0.2) is 4.98 Å². The van der Waals surface area contributed by atoms with Gasteiger partial charge in [0, 0.05) is 75.7 Å². The second-order valence-corrected chi connectivity index (χ2v) is 17.1. The second-order valence-electron chi connectivity index (χ2n) is 17.1. The van der Waals surface area contributed by atoms with E-state index in [1.807, 2.05) is 18.3 Å². The lowest BCUT2D eigenvalue weighted by Crippen LogP contribution is -2.70. The summed E-state index contributed by atoms with van der Waals surface area (Å²) in [5.41, 5.74) is 3.33. The van der Waals surface area contributed by atoms with Crippen LogP contribution < -0.4 is 36.3 Å². The molecule has 61 heavy (non-hydrogen) atoms. The molecule has 3 aliphatic carbocycles. The van der Waals surface area contributed by atoms with E-state index in [9.17, 15) is 28.8 Å². The summed E-state index contributed by atoms with van der Waals surface area (Å²) in [6, 6.07) is 9.74. The third-order valence-corrected chi connectivity index (χ3v) is 12.8. The van der Waals surface area contributed by atoms with Gasteiger partial charge >= 0.3 is 0 Å². The monoisotopic (exact) mass is 832 g/mol. The van der Waals surface area contributed by atoms with E-state index in [0.717, 1.165) is 72.0 Å². The Morgan fingerprint density at radius 2 is 1.67 bits per heavy atom. The van der Waals surface area contributed by atoms with E-state index in [1.54, 1.807) is 63.3 Å². The van der Waals surface area contributed by atoms with E-state index < -0.39 is 29.7 Å². The number of methoxy groups -OCH3 is 2. The molecule has 2 aliphatic heterocycles. The summed E-state index contributed by atoms with van der Waals surface area (Å²) in [5.74, 6) is -0.0167. The number of carbonyl (C=O) groups excluding carboxylic acids is 5. The molecule has 4 heterocycles. The van der Waals surface area contributed by atoms with Crippen LogP contribution in [0.2, 0.25) is 0 Å². The molecule has 0 radical (unpaired) electrons. The summed E-state index contributed by atoms with van der Waals surface area (Å²) in [5, 5.41) is 13.0. The minimum atomic E-state index is -1.01. The van der Waals surface area contributed by atoms with Gasteiger partial charge in [0.05, 0.1) is 41.7 Å². The van der Waals surface area contributed by atoms with Crippen LogP contribution in [0.15, 0.2) is 53.6 Å². The number of aryl methyl sites for hydroxylation is 1. The van der Waals surface area contributed by atoms with E-state index in [4.69, 9.17) is 9.47 Å². The summed E-state index contributed by atoms with van der Waals surface area (Å²) in [7, 11) is 8.88. The molecule has 1 unspecified atom stereocenters. The van der Waals surface area contributed by atoms with Crippen molar-refractivity contribution in [2.24, 2.45) is 17.9 Å². The minimum absolute atomic E-state index is 0.0668. The zero-order chi connectivity index (χ0) is 43.2. The normalized spacial score (nSPS) is 21.5. The first-order chi connectivity index (χ1) is 29.3. The van der Waals surface area contributed by atoms with Crippen molar-refractivity contribution < 1.29 is 33.4 Å². The number of rotatable bonds is 17. The van der Waals surface area contributed by atoms with Crippen molar-refractivity contribution in [1.82, 2.24) is 30.0 Å². The topological polar surface area (TPSA) is 193 Å². The Hall–Kier alpha value is -6.29. The number of aromatic nitrogens is 2. The van der Waals surface area contributed by atoms with Gasteiger partial charge in [0.15, 0.2) is 0 Å². The summed E-state index contributed by atoms with van der Waals surface area (Å²) in [4.78, 5) is 84.5. The van der Waals surface area contributed by atoms with Gasteiger partial charge in [0.25, 0.3) is 17.4 Å². The lowest BCUT2D eigenvalue weighted by Gasteiger charge is -2.70. The molecule has 16 nitrogen and oxygen atoms in total. The van der Waals surface area contributed by atoms with Gasteiger partial charge in [0.1, 0.15) is 23.4 Å². The number of hydrogen-bond donors (Lipinski definition) is 4. The van der Waals surface area contributed by atoms with Gasteiger partial charge in [-0.3, -0.25) is 39.0 Å². The number of hydrogen-bond acceptors (Lipinski definition) is 12. The highest BCUT2D eigenvalue weighted by Gasteiger charge is 2.71. The van der Waals surface area contributed by atoms with Gasteiger partial charge in [-0.15, -0.1) is 0 Å². The number of pyridine rings is 2. The second kappa shape index (κ2) is 16.3. The number of amides is 5. The average molecular weight is 833 g/mol. The quantitative estimate of drug-likeness (QED) is 0.0883. The Kier molecular flexibility index (Phi) is 11.1. The molecular formula is C45H52N8O8. The molecule has 2 aromatic heterocycles. The number of carbonyl (C=O) groups is 5. The fraction of sp³-hybridized carbons (Fsp3) is 0.444. The average Bonchev–Trinajstić information content (AvgIpc) is 3.48. The van der Waals surface area contributed by atoms with Gasteiger partial charge < -0.3 is 34.9 Å². The van der Waals surface area contributed by atoms with Crippen LogP contribution in [-0.2, 0) is 28.0 Å². The summed E-state index contributed by atoms with van der Waals surface area (Å²) < 4.78 is 13.4. The van der Waals surface area contributed by atoms with Crippen LogP contribution >= 0.6 is 0 Å². The van der Waals surface area contributed by atoms with Gasteiger partial charge in [-0.05, 0) is 93.3 Å². The highest BCUT2D eigenvalue weighted by molar-refractivity contribution is 6.25. The maximum Gasteiger partial charge on any atom is 0.264 e. The Morgan fingerprint density at radius 3 is 2.36 bits per heavy atom. The van der Waals surface area contributed by atoms with E-state index in [0.29, 0.717) is 48.0 Å². The minimum Gasteiger partial charge on any atom is -0.496 e. The number of imide groups is 2. The molecule has 4 N–H and O–H groups in total. The zero-order valence-electron chi connectivity index (χ0n) is 35.2. The van der Waals surface area contributed by atoms with E-state index in [2.05, 4.69) is 38.2 Å². The van der Waals surface area contributed by atoms with E-state index in [-0.39, 0.29) is 46.3 Å². The smallest absolute Gasteiger partial charge is 0.264 e. The number of nitrogens with zero attached hydrogens (tertiary/aromatic N) is 4. The van der Waals surface area contributed by atoms with Crippen molar-refractivity contribution in [3.63, 3.8) is 0 Å². The van der Waals surface area contributed by atoms with Crippen LogP contribution in [0.5, 0.6) is 11.5 Å². The van der Waals surface area contributed by atoms with Crippen molar-refractivity contribution in [3.05, 3.63) is 75.8 Å². The summed E-state index contributed by atoms with van der Waals surface area (Å²) in [6.07, 6.45) is 8.73. The fourth-order valence-electron chi connectivity index (χ4n) is 10.0. The van der Waals surface area contributed by atoms with Crippen LogP contribution in [0.25, 0.3) is 21.9 Å². The Bertz CT molecular complexity index is 2490. The van der Waals surface area contributed by atoms with Gasteiger partial charge in [-0.1, -0.05) is 6.07 Å². The lowest BCUT2D eigenvalue weighted by molar-refractivity contribution is -0.213. The third kappa shape index (κ3) is 7.46. The highest BCUT2D eigenvalue weighted by atomic mass is 16.5. The van der Waals surface area contributed by atoms with Gasteiger partial charge in [0.2, 0.25) is 17.7 Å². The predicted molar refractivity (Wildman–Crippen MR) is 229 cm³/mol. The number of nitrogens with one attached hydrogen (secondary N) is 4. The van der Waals surface area contributed by atoms with Crippen LogP contribution in [0, 0.1) is 10.8 Å². The van der Waals surface area contributed by atoms with Gasteiger partial charge in [-0.2, -0.15) is 0 Å². The van der Waals surface area contributed by atoms with Crippen molar-refractivity contribution in [2.75, 3.05) is 58.6 Å². The maximum absolute atomic E-state index is 13.3. The zero-order valence-corrected chi connectivity index (χ0v) is 35.2. The summed E-state index contributed by atoms with van der Waals surface area (Å²) >= 11 is 0. The van der Waals surface area contributed by atoms with Crippen LogP contribution in [0.3, 0.4) is 0 Å². The molecule has 5 amide bonds. The first-order valence-electron chi connectivity index (χ1n) is 20.8. The first kappa shape index (κ1) is 41.4. The number of ether oxygens (including phenoxy) is 2. The predicted octanol–water partition coefficient (Wildman–Crippen LogP) is 4.06. The number of anilines is 2. The number of piperidine rings is 1. The SMILES string of the molecule is CNc1cc2c(=O)n(C)cc(-c3cc(OC)c(CN(C)CC45CC(C(=O)NCCCCCNc6cccc7c6C(=O)N(C6CCC(=O)NC6=O)C7=O)(C4)C5)c(OC)c3)c2cn1. The molecule has 5 aliphatic rings. The molecule has 2 aromatic carbocycles. The van der Waals surface area contributed by atoms with Crippen LogP contribution in [-0.4, -0.2) is 103 Å². The first-order valence-corrected chi connectivity index (χ1v) is 20.8. The fourth-order valence-corrected chi connectivity index (χ4v) is 10.0. The molecular weight excluding hydrogens is 781 g/mol. The number of fused-ring (bicyclic) bond motifs is 2. The Morgan fingerprint density at radius 1 is 0.951 bits per heavy atom. The Labute approximate surface area is 353 Å². The van der Waals surface area contributed by atoms with Crippen molar-refractivity contribution in [3.8, 4) is 22.6 Å². The van der Waals surface area contributed by atoms with Crippen molar-refractivity contribution >= 4 is 51.8 Å². The molecule has 320 valence electrons. The van der Waals surface area contributed by atoms with E-state index in [1.165, 1.54) is 0 Å². The molecule has 1 atom stereocenters. The standard InChI is InChI=1S/C45H52N8O8/c1-46-36-18-28-29(19-49-36)30(21-52(3)40(28)56)26-16-34(60-4)31(35(17-26)61-5)20-51(2)25-44-22-45(23-44,24-44)43(59)48-15-8-6-7-14-47-32-11-9-10-27-38(32)42(58)53(41(27)57)33-12-13-37(54)50-39(33)55/h9-11,16-19,21,33,47H,6-8,12-15,20,22-25H2,1-5H3,(H,46,49)(H,48,59)(H,50,54,55). The molecule has 9 rings (SSSR count). The molecule has 1 saturated heterocycles. The lowest BCUT2D eigenvalue weighted by atomic mass is 9.34. The Balaban J connectivity index is 0.794. The highest BCUT2D eigenvalue weighted by Crippen LogP contribution is 2.73. The number of unbranched alkanes of at least 4 members (excludes halogenated alkanes) is 2. The van der Waals surface area contributed by atoms with Crippen molar-refractivity contribution in [2.45, 2.75) is 64.0 Å². The van der Waals surface area contributed by atoms with Crippen LogP contribution in [0.4, 0.5) is 11.5 Å². The molecule has 3 saturated carbocycles. The molecule has 0 spiro atoms. The molecule has 2 bridgehead atoms. The molecule has 16 heteroatoms. The third-order valence-electron chi connectivity index (χ3n) is 12.8. The largest absolute Gasteiger partial charge is 0.496 e. The van der Waals surface area contributed by atoms with Crippen molar-refractivity contribution in [1.29, 1.82) is 0 Å². The maximum atomic E-state index is 13.3. The molecule has 4 fully saturated rings. The van der Waals surface area contributed by atoms with Crippen LogP contribution in [0.1, 0.15) is 77.6 Å². The molecule has 4 aromatic rings. The number of benzene rings is 2.